The van der Waals surface area contributed by atoms with Crippen molar-refractivity contribution in [1.29, 1.82) is 0 Å². The SMILES string of the molecule is NNC(c1cn[nH]n1)c1sccc1Cl. The minimum atomic E-state index is -0.207. The summed E-state index contributed by atoms with van der Waals surface area (Å²) in [5, 5.41) is 12.8. The molecule has 74 valence electrons. The van der Waals surface area contributed by atoms with Gasteiger partial charge in [-0.3, -0.25) is 5.84 Å². The van der Waals surface area contributed by atoms with Gasteiger partial charge in [0, 0.05) is 4.88 Å². The number of thiophene rings is 1. The zero-order chi connectivity index (χ0) is 9.97. The Balaban J connectivity index is 2.36. The van der Waals surface area contributed by atoms with E-state index in [-0.39, 0.29) is 6.04 Å². The van der Waals surface area contributed by atoms with Gasteiger partial charge in [0.1, 0.15) is 11.7 Å². The van der Waals surface area contributed by atoms with E-state index in [0.29, 0.717) is 5.02 Å². The van der Waals surface area contributed by atoms with Crippen LogP contribution in [0.5, 0.6) is 0 Å². The first-order chi connectivity index (χ1) is 6.83. The summed E-state index contributed by atoms with van der Waals surface area (Å²) >= 11 is 7.51. The first-order valence-electron chi connectivity index (χ1n) is 3.87. The van der Waals surface area contributed by atoms with Crippen LogP contribution in [0.15, 0.2) is 17.6 Å². The summed E-state index contributed by atoms with van der Waals surface area (Å²) in [7, 11) is 0. The van der Waals surface area contributed by atoms with Gasteiger partial charge in [0.2, 0.25) is 0 Å². The lowest BCUT2D eigenvalue weighted by Gasteiger charge is -2.10. The molecule has 1 atom stereocenters. The molecule has 0 amide bonds. The molecule has 0 saturated heterocycles. The molecule has 5 nitrogen and oxygen atoms in total. The third-order valence-corrected chi connectivity index (χ3v) is 3.23. The van der Waals surface area contributed by atoms with Gasteiger partial charge in [-0.2, -0.15) is 15.4 Å². The van der Waals surface area contributed by atoms with Crippen molar-refractivity contribution in [1.82, 2.24) is 20.8 Å². The first-order valence-corrected chi connectivity index (χ1v) is 5.13. The number of aromatic amines is 1. The highest BCUT2D eigenvalue weighted by Crippen LogP contribution is 2.31. The standard InChI is InChI=1S/C7H8ClN5S/c8-4-1-2-14-7(4)6(11-9)5-3-10-13-12-5/h1-3,6,11H,9H2,(H,10,12,13). The van der Waals surface area contributed by atoms with Crippen LogP contribution >= 0.6 is 22.9 Å². The van der Waals surface area contributed by atoms with Gasteiger partial charge in [-0.15, -0.1) is 11.3 Å². The summed E-state index contributed by atoms with van der Waals surface area (Å²) in [4.78, 5) is 0.933. The van der Waals surface area contributed by atoms with Crippen molar-refractivity contribution in [3.8, 4) is 0 Å². The Bertz CT molecular complexity index is 398. The molecule has 0 bridgehead atoms. The molecular formula is C7H8ClN5S. The molecule has 0 aliphatic heterocycles. The normalized spacial score (nSPS) is 13.0. The van der Waals surface area contributed by atoms with E-state index in [1.807, 2.05) is 11.4 Å². The molecule has 2 aromatic rings. The van der Waals surface area contributed by atoms with E-state index in [9.17, 15) is 0 Å². The van der Waals surface area contributed by atoms with Gasteiger partial charge in [0.05, 0.1) is 11.2 Å². The lowest BCUT2D eigenvalue weighted by atomic mass is 10.2. The average molecular weight is 230 g/mol. The monoisotopic (exact) mass is 229 g/mol. The molecule has 0 aliphatic rings. The zero-order valence-electron chi connectivity index (χ0n) is 7.07. The second kappa shape index (κ2) is 4.05. The Morgan fingerprint density at radius 2 is 2.50 bits per heavy atom. The lowest BCUT2D eigenvalue weighted by Crippen LogP contribution is -2.28. The summed E-state index contributed by atoms with van der Waals surface area (Å²) in [6.45, 7) is 0. The van der Waals surface area contributed by atoms with E-state index in [0.717, 1.165) is 10.6 Å². The molecule has 0 saturated carbocycles. The quantitative estimate of drug-likeness (QED) is 0.544. The smallest absolute Gasteiger partial charge is 0.106 e. The van der Waals surface area contributed by atoms with Crippen molar-refractivity contribution in [3.63, 3.8) is 0 Å². The molecule has 2 rings (SSSR count). The van der Waals surface area contributed by atoms with Crippen LogP contribution in [-0.2, 0) is 0 Å². The van der Waals surface area contributed by atoms with Crippen LogP contribution in [0.1, 0.15) is 16.6 Å². The van der Waals surface area contributed by atoms with Gasteiger partial charge < -0.3 is 0 Å². The fourth-order valence-corrected chi connectivity index (χ4v) is 2.39. The van der Waals surface area contributed by atoms with Crippen molar-refractivity contribution in [2.75, 3.05) is 0 Å². The van der Waals surface area contributed by atoms with Gasteiger partial charge in [-0.25, -0.2) is 5.43 Å². The summed E-state index contributed by atoms with van der Waals surface area (Å²) in [5.74, 6) is 5.44. The number of hydrogen-bond donors (Lipinski definition) is 3. The molecular weight excluding hydrogens is 222 g/mol. The van der Waals surface area contributed by atoms with Crippen LogP contribution in [-0.4, -0.2) is 15.4 Å². The molecule has 14 heavy (non-hydrogen) atoms. The van der Waals surface area contributed by atoms with Crippen molar-refractivity contribution in [2.24, 2.45) is 5.84 Å². The van der Waals surface area contributed by atoms with Crippen LogP contribution in [0.25, 0.3) is 0 Å². The second-order valence-corrected chi connectivity index (χ2v) is 3.98. The van der Waals surface area contributed by atoms with Crippen LogP contribution < -0.4 is 11.3 Å². The lowest BCUT2D eigenvalue weighted by molar-refractivity contribution is 0.628. The molecule has 0 spiro atoms. The second-order valence-electron chi connectivity index (χ2n) is 2.63. The molecule has 0 aromatic carbocycles. The van der Waals surface area contributed by atoms with E-state index >= 15 is 0 Å². The number of rotatable bonds is 3. The minimum absolute atomic E-state index is 0.207. The van der Waals surface area contributed by atoms with Crippen molar-refractivity contribution in [2.45, 2.75) is 6.04 Å². The summed E-state index contributed by atoms with van der Waals surface area (Å²) in [6, 6.07) is 1.62. The van der Waals surface area contributed by atoms with Crippen LogP contribution in [0.2, 0.25) is 5.02 Å². The Morgan fingerprint density at radius 3 is 3.00 bits per heavy atom. The van der Waals surface area contributed by atoms with Crippen molar-refractivity contribution in [3.05, 3.63) is 33.2 Å². The highest BCUT2D eigenvalue weighted by Gasteiger charge is 2.18. The fourth-order valence-electron chi connectivity index (χ4n) is 1.16. The molecule has 0 fully saturated rings. The van der Waals surface area contributed by atoms with E-state index in [4.69, 9.17) is 17.4 Å². The zero-order valence-corrected chi connectivity index (χ0v) is 8.64. The van der Waals surface area contributed by atoms with Gasteiger partial charge in [-0.05, 0) is 11.4 Å². The third kappa shape index (κ3) is 1.64. The Kier molecular flexibility index (Phi) is 2.78. The number of nitrogens with zero attached hydrogens (tertiary/aromatic N) is 2. The van der Waals surface area contributed by atoms with Gasteiger partial charge >= 0.3 is 0 Å². The maximum atomic E-state index is 5.99. The van der Waals surface area contributed by atoms with Crippen LogP contribution in [0.3, 0.4) is 0 Å². The number of nitrogens with two attached hydrogens (primary N) is 1. The predicted octanol–water partition coefficient (Wildman–Crippen LogP) is 1.07. The fraction of sp³-hybridized carbons (Fsp3) is 0.143. The summed E-state index contributed by atoms with van der Waals surface area (Å²) < 4.78 is 0. The molecule has 4 N–H and O–H groups in total. The molecule has 2 heterocycles. The van der Waals surface area contributed by atoms with Crippen LogP contribution in [0.4, 0.5) is 0 Å². The first kappa shape index (κ1) is 9.60. The number of aromatic nitrogens is 3. The maximum Gasteiger partial charge on any atom is 0.106 e. The highest BCUT2D eigenvalue weighted by molar-refractivity contribution is 7.10. The van der Waals surface area contributed by atoms with Crippen LogP contribution in [0, 0.1) is 0 Å². The number of hydrogen-bond acceptors (Lipinski definition) is 5. The largest absolute Gasteiger partial charge is 0.270 e. The number of halogens is 1. The van der Waals surface area contributed by atoms with Gasteiger partial charge in [-0.1, -0.05) is 11.6 Å². The molecule has 1 unspecified atom stereocenters. The van der Waals surface area contributed by atoms with Crippen molar-refractivity contribution >= 4 is 22.9 Å². The average Bonchev–Trinajstić information content (AvgIpc) is 2.80. The van der Waals surface area contributed by atoms with Gasteiger partial charge in [0.25, 0.3) is 0 Å². The maximum absolute atomic E-state index is 5.99. The number of hydrazine groups is 1. The Hall–Kier alpha value is -0.950. The van der Waals surface area contributed by atoms with Crippen molar-refractivity contribution < 1.29 is 0 Å². The Morgan fingerprint density at radius 1 is 1.64 bits per heavy atom. The van der Waals surface area contributed by atoms with E-state index in [1.165, 1.54) is 11.3 Å². The number of H-pyrrole nitrogens is 1. The Labute approximate surface area is 89.2 Å². The van der Waals surface area contributed by atoms with Gasteiger partial charge in [0.15, 0.2) is 0 Å². The van der Waals surface area contributed by atoms with E-state index < -0.39 is 0 Å². The molecule has 7 heteroatoms. The summed E-state index contributed by atoms with van der Waals surface area (Å²) in [5.41, 5.74) is 3.37. The molecule has 0 aliphatic carbocycles. The van der Waals surface area contributed by atoms with E-state index in [2.05, 4.69) is 20.8 Å². The summed E-state index contributed by atoms with van der Waals surface area (Å²) in [6.07, 6.45) is 1.61. The highest BCUT2D eigenvalue weighted by atomic mass is 35.5. The minimum Gasteiger partial charge on any atom is -0.270 e. The number of nitrogens with one attached hydrogen (secondary N) is 2. The molecule has 0 radical (unpaired) electrons. The topological polar surface area (TPSA) is 79.6 Å². The third-order valence-electron chi connectivity index (χ3n) is 1.80. The van der Waals surface area contributed by atoms with E-state index in [1.54, 1.807) is 6.20 Å². The predicted molar refractivity (Wildman–Crippen MR) is 54.9 cm³/mol. The molecule has 2 aromatic heterocycles.